The third kappa shape index (κ3) is 2.20. The Bertz CT molecular complexity index is 532. The molecule has 0 saturated heterocycles. The summed E-state index contributed by atoms with van der Waals surface area (Å²) in [6.07, 6.45) is 6.59. The van der Waals surface area contributed by atoms with Gasteiger partial charge in [0.1, 0.15) is 0 Å². The molecule has 0 unspecified atom stereocenters. The van der Waals surface area contributed by atoms with Gasteiger partial charge in [0.2, 0.25) is 5.91 Å². The van der Waals surface area contributed by atoms with Gasteiger partial charge in [-0.2, -0.15) is 0 Å². The summed E-state index contributed by atoms with van der Waals surface area (Å²) in [6, 6.07) is 7.79. The Balaban J connectivity index is 2.43. The fraction of sp³-hybridized carbons (Fsp3) is 0. The number of nitrogens with zero attached hydrogens (tertiary/aromatic N) is 1. The number of carbonyl (C=O) groups is 1. The molecule has 15 heavy (non-hydrogen) atoms. The molecule has 0 atom stereocenters. The summed E-state index contributed by atoms with van der Waals surface area (Å²) >= 11 is 0. The molecule has 1 heterocycles. The minimum Gasteiger partial charge on any atom is -0.366 e. The zero-order valence-electron chi connectivity index (χ0n) is 8.05. The van der Waals surface area contributed by atoms with Crippen LogP contribution in [-0.4, -0.2) is 10.9 Å². The normalized spacial score (nSPS) is 10.9. The maximum absolute atomic E-state index is 10.6. The molecule has 0 aliphatic rings. The summed E-state index contributed by atoms with van der Waals surface area (Å²) in [6.45, 7) is 0. The maximum atomic E-state index is 10.6. The minimum atomic E-state index is -0.440. The molecule has 1 aromatic heterocycles. The molecule has 2 rings (SSSR count). The lowest BCUT2D eigenvalue weighted by Crippen LogP contribution is -2.04. The van der Waals surface area contributed by atoms with Crippen LogP contribution in [0.2, 0.25) is 0 Å². The molecule has 3 nitrogen and oxygen atoms in total. The second kappa shape index (κ2) is 3.92. The summed E-state index contributed by atoms with van der Waals surface area (Å²) in [5.74, 6) is -0.440. The van der Waals surface area contributed by atoms with Crippen molar-refractivity contribution in [3.05, 3.63) is 48.3 Å². The van der Waals surface area contributed by atoms with E-state index in [1.807, 2.05) is 24.3 Å². The first-order chi connectivity index (χ1) is 7.25. The van der Waals surface area contributed by atoms with Crippen molar-refractivity contribution in [2.75, 3.05) is 0 Å². The van der Waals surface area contributed by atoms with Crippen LogP contribution in [0, 0.1) is 0 Å². The second-order valence-corrected chi connectivity index (χ2v) is 3.22. The van der Waals surface area contributed by atoms with Gasteiger partial charge in [-0.05, 0) is 29.2 Å². The number of rotatable bonds is 2. The van der Waals surface area contributed by atoms with Crippen LogP contribution in [0.1, 0.15) is 5.56 Å². The Hall–Kier alpha value is -2.16. The van der Waals surface area contributed by atoms with E-state index in [0.29, 0.717) is 0 Å². The number of amides is 1. The zero-order valence-corrected chi connectivity index (χ0v) is 8.05. The summed E-state index contributed by atoms with van der Waals surface area (Å²) in [7, 11) is 0. The zero-order chi connectivity index (χ0) is 10.7. The van der Waals surface area contributed by atoms with Crippen LogP contribution in [-0.2, 0) is 4.79 Å². The van der Waals surface area contributed by atoms with E-state index in [1.165, 1.54) is 6.08 Å². The molecule has 0 fully saturated rings. The minimum absolute atomic E-state index is 0.440. The van der Waals surface area contributed by atoms with Crippen molar-refractivity contribution in [3.63, 3.8) is 0 Å². The highest BCUT2D eigenvalue weighted by Gasteiger charge is 1.93. The van der Waals surface area contributed by atoms with Crippen LogP contribution >= 0.6 is 0 Å². The van der Waals surface area contributed by atoms with Crippen molar-refractivity contribution >= 4 is 22.8 Å². The molecule has 0 aliphatic carbocycles. The molecule has 0 spiro atoms. The van der Waals surface area contributed by atoms with Gasteiger partial charge >= 0.3 is 0 Å². The molecule has 1 amide bonds. The number of primary amides is 1. The lowest BCUT2D eigenvalue weighted by molar-refractivity contribution is -0.113. The third-order valence-electron chi connectivity index (χ3n) is 2.10. The summed E-state index contributed by atoms with van der Waals surface area (Å²) in [4.78, 5) is 14.6. The second-order valence-electron chi connectivity index (χ2n) is 3.22. The Labute approximate surface area is 87.2 Å². The molecule has 2 aromatic rings. The van der Waals surface area contributed by atoms with E-state index in [1.54, 1.807) is 18.5 Å². The van der Waals surface area contributed by atoms with E-state index in [2.05, 4.69) is 4.98 Å². The fourth-order valence-corrected chi connectivity index (χ4v) is 1.38. The number of fused-ring (bicyclic) bond motifs is 1. The van der Waals surface area contributed by atoms with Crippen molar-refractivity contribution in [3.8, 4) is 0 Å². The van der Waals surface area contributed by atoms with E-state index in [4.69, 9.17) is 5.73 Å². The van der Waals surface area contributed by atoms with Crippen molar-refractivity contribution in [2.45, 2.75) is 0 Å². The van der Waals surface area contributed by atoms with Gasteiger partial charge in [-0.25, -0.2) is 0 Å². The van der Waals surface area contributed by atoms with E-state index in [0.717, 1.165) is 16.3 Å². The van der Waals surface area contributed by atoms with Crippen molar-refractivity contribution in [1.29, 1.82) is 0 Å². The standard InChI is InChI=1S/C12H10N2O/c13-12(15)4-2-9-1-3-11-8-14-6-5-10(11)7-9/h1-8H,(H2,13,15). The molecule has 0 aliphatic heterocycles. The lowest BCUT2D eigenvalue weighted by Gasteiger charge is -1.97. The first-order valence-electron chi connectivity index (χ1n) is 4.57. The highest BCUT2D eigenvalue weighted by atomic mass is 16.1. The Kier molecular flexibility index (Phi) is 2.46. The average Bonchev–Trinajstić information content (AvgIpc) is 2.26. The van der Waals surface area contributed by atoms with E-state index >= 15 is 0 Å². The topological polar surface area (TPSA) is 56.0 Å². The highest BCUT2D eigenvalue weighted by molar-refractivity contribution is 5.91. The van der Waals surface area contributed by atoms with Crippen LogP contribution in [0.15, 0.2) is 42.7 Å². The maximum Gasteiger partial charge on any atom is 0.241 e. The molecule has 0 bridgehead atoms. The fourth-order valence-electron chi connectivity index (χ4n) is 1.38. The largest absolute Gasteiger partial charge is 0.366 e. The summed E-state index contributed by atoms with van der Waals surface area (Å²) in [5, 5.41) is 2.17. The van der Waals surface area contributed by atoms with Crippen LogP contribution in [0.4, 0.5) is 0 Å². The van der Waals surface area contributed by atoms with Gasteiger partial charge in [-0.3, -0.25) is 9.78 Å². The van der Waals surface area contributed by atoms with Gasteiger partial charge in [0.15, 0.2) is 0 Å². The number of benzene rings is 1. The Morgan fingerprint density at radius 1 is 1.27 bits per heavy atom. The number of aromatic nitrogens is 1. The quantitative estimate of drug-likeness (QED) is 0.747. The molecular formula is C12H10N2O. The molecule has 0 radical (unpaired) electrons. The molecule has 0 saturated carbocycles. The predicted molar refractivity (Wildman–Crippen MR) is 60.0 cm³/mol. The van der Waals surface area contributed by atoms with Crippen LogP contribution in [0.25, 0.3) is 16.8 Å². The first kappa shape index (κ1) is 9.40. The summed E-state index contributed by atoms with van der Waals surface area (Å²) in [5.41, 5.74) is 5.97. The van der Waals surface area contributed by atoms with Gasteiger partial charge in [0.25, 0.3) is 0 Å². The van der Waals surface area contributed by atoms with Crippen molar-refractivity contribution in [1.82, 2.24) is 4.98 Å². The molecule has 2 N–H and O–H groups in total. The molecule has 74 valence electrons. The lowest BCUT2D eigenvalue weighted by atomic mass is 10.1. The van der Waals surface area contributed by atoms with Crippen molar-refractivity contribution < 1.29 is 4.79 Å². The SMILES string of the molecule is NC(=O)C=Cc1ccc2cnccc2c1. The predicted octanol–water partition coefficient (Wildman–Crippen LogP) is 1.73. The number of nitrogens with two attached hydrogens (primary N) is 1. The van der Waals surface area contributed by atoms with E-state index in [-0.39, 0.29) is 0 Å². The van der Waals surface area contributed by atoms with Gasteiger partial charge in [-0.1, -0.05) is 12.1 Å². The van der Waals surface area contributed by atoms with Crippen molar-refractivity contribution in [2.24, 2.45) is 5.73 Å². The van der Waals surface area contributed by atoms with E-state index < -0.39 is 5.91 Å². The highest BCUT2D eigenvalue weighted by Crippen LogP contribution is 2.15. The molecule has 3 heteroatoms. The van der Waals surface area contributed by atoms with Gasteiger partial charge in [0.05, 0.1) is 0 Å². The van der Waals surface area contributed by atoms with Gasteiger partial charge in [-0.15, -0.1) is 0 Å². The molecule has 1 aromatic carbocycles. The monoisotopic (exact) mass is 198 g/mol. The Morgan fingerprint density at radius 3 is 2.93 bits per heavy atom. The molecular weight excluding hydrogens is 188 g/mol. The van der Waals surface area contributed by atoms with Crippen LogP contribution in [0.5, 0.6) is 0 Å². The van der Waals surface area contributed by atoms with Crippen LogP contribution < -0.4 is 5.73 Å². The van der Waals surface area contributed by atoms with Crippen LogP contribution in [0.3, 0.4) is 0 Å². The Morgan fingerprint density at radius 2 is 2.13 bits per heavy atom. The number of pyridine rings is 1. The number of carbonyl (C=O) groups excluding carboxylic acids is 1. The van der Waals surface area contributed by atoms with E-state index in [9.17, 15) is 4.79 Å². The van der Waals surface area contributed by atoms with Gasteiger partial charge in [0, 0.05) is 23.9 Å². The smallest absolute Gasteiger partial charge is 0.241 e. The average molecular weight is 198 g/mol. The number of hydrogen-bond acceptors (Lipinski definition) is 2. The first-order valence-corrected chi connectivity index (χ1v) is 4.57. The third-order valence-corrected chi connectivity index (χ3v) is 2.10. The number of hydrogen-bond donors (Lipinski definition) is 1. The van der Waals surface area contributed by atoms with Gasteiger partial charge < -0.3 is 5.73 Å². The summed E-state index contributed by atoms with van der Waals surface area (Å²) < 4.78 is 0.